The number of fused-ring (bicyclic) bond motifs is 2. The van der Waals surface area contributed by atoms with Crippen LogP contribution in [-0.4, -0.2) is 88.8 Å². The van der Waals surface area contributed by atoms with Crippen molar-refractivity contribution < 1.29 is 32.5 Å². The van der Waals surface area contributed by atoms with Gasteiger partial charge < -0.3 is 24.2 Å². The van der Waals surface area contributed by atoms with Gasteiger partial charge in [0, 0.05) is 38.8 Å². The number of anilines is 1. The van der Waals surface area contributed by atoms with Crippen LogP contribution in [0.3, 0.4) is 0 Å². The van der Waals surface area contributed by atoms with E-state index < -0.39 is 28.9 Å². The van der Waals surface area contributed by atoms with Crippen molar-refractivity contribution >= 4 is 27.5 Å². The van der Waals surface area contributed by atoms with E-state index in [4.69, 9.17) is 24.2 Å². The summed E-state index contributed by atoms with van der Waals surface area (Å²) in [6, 6.07) is 5.80. The third-order valence-corrected chi connectivity index (χ3v) is 10.6. The standard InChI is InChI=1S/C34H36F3N5O4/c1-3-22-24(36)6-5-19-13-21(43)14-23(25(19)22)28-27(37)29-26-30(41(2)33(8-11-44-12-9-33)17-45-31(26)38-28)40-32(39-29)46-18-34-7-4-10-42(34)16-20(35)15-34/h5-6,13-14,20,43H,3-4,7-12,15-18H2,1-2H3/t20-,34+/m1/s1. The second-order valence-electron chi connectivity index (χ2n) is 13.2. The van der Waals surface area contributed by atoms with E-state index in [0.717, 1.165) is 19.4 Å². The van der Waals surface area contributed by atoms with Crippen molar-refractivity contribution in [1.82, 2.24) is 19.9 Å². The number of alkyl halides is 1. The number of rotatable bonds is 5. The SMILES string of the molecule is CCc1c(F)ccc2cc(O)cc(-c3nc4c5c(nc(OC[C@@]67CCCN6C[C@H](F)C7)nc5c3F)N(C)C3(CCOCC3)CO4)c12. The van der Waals surface area contributed by atoms with E-state index in [0.29, 0.717) is 73.0 Å². The van der Waals surface area contributed by atoms with E-state index in [1.165, 1.54) is 18.2 Å². The minimum Gasteiger partial charge on any atom is -0.508 e. The molecule has 0 bridgehead atoms. The molecular weight excluding hydrogens is 599 g/mol. The molecule has 1 N–H and O–H groups in total. The highest BCUT2D eigenvalue weighted by atomic mass is 19.1. The van der Waals surface area contributed by atoms with Gasteiger partial charge in [-0.3, -0.25) is 4.90 Å². The van der Waals surface area contributed by atoms with Gasteiger partial charge in [-0.25, -0.2) is 18.2 Å². The number of halogens is 3. The molecule has 46 heavy (non-hydrogen) atoms. The van der Waals surface area contributed by atoms with Crippen LogP contribution in [-0.2, 0) is 11.2 Å². The van der Waals surface area contributed by atoms with E-state index in [2.05, 4.69) is 9.88 Å². The van der Waals surface area contributed by atoms with Crippen LogP contribution >= 0.6 is 0 Å². The lowest BCUT2D eigenvalue weighted by Crippen LogP contribution is -2.54. The van der Waals surface area contributed by atoms with Crippen molar-refractivity contribution in [3.63, 3.8) is 0 Å². The molecule has 3 fully saturated rings. The lowest BCUT2D eigenvalue weighted by Gasteiger charge is -2.43. The molecule has 1 spiro atoms. The number of aromatic hydroxyl groups is 1. The minimum absolute atomic E-state index is 0.0231. The van der Waals surface area contributed by atoms with Crippen LogP contribution in [0.15, 0.2) is 24.3 Å². The van der Waals surface area contributed by atoms with Gasteiger partial charge in [-0.1, -0.05) is 13.0 Å². The highest BCUT2D eigenvalue weighted by Crippen LogP contribution is 2.46. The molecule has 0 saturated carbocycles. The second-order valence-corrected chi connectivity index (χ2v) is 13.2. The van der Waals surface area contributed by atoms with Gasteiger partial charge in [-0.15, -0.1) is 0 Å². The van der Waals surface area contributed by atoms with Crippen molar-refractivity contribution in [3.05, 3.63) is 41.5 Å². The molecule has 0 amide bonds. The first-order valence-corrected chi connectivity index (χ1v) is 16.0. The Morgan fingerprint density at radius 3 is 2.72 bits per heavy atom. The first-order valence-electron chi connectivity index (χ1n) is 16.0. The van der Waals surface area contributed by atoms with E-state index in [1.54, 1.807) is 6.07 Å². The number of pyridine rings is 1. The fraction of sp³-hybridized carbons (Fsp3) is 0.500. The molecule has 3 saturated heterocycles. The predicted octanol–water partition coefficient (Wildman–Crippen LogP) is 5.72. The number of aromatic nitrogens is 3. The van der Waals surface area contributed by atoms with Gasteiger partial charge in [0.2, 0.25) is 5.88 Å². The highest BCUT2D eigenvalue weighted by molar-refractivity contribution is 6.03. The Balaban J connectivity index is 1.33. The van der Waals surface area contributed by atoms with Gasteiger partial charge >= 0.3 is 6.01 Å². The average Bonchev–Trinajstić information content (AvgIpc) is 3.55. The molecule has 4 aromatic rings. The summed E-state index contributed by atoms with van der Waals surface area (Å²) in [6.45, 7) is 4.49. The Hall–Kier alpha value is -3.90. The number of likely N-dealkylation sites (N-methyl/N-ethyl adjacent to an activating group) is 1. The minimum atomic E-state index is -0.925. The normalized spacial score (nSPS) is 24.0. The summed E-state index contributed by atoms with van der Waals surface area (Å²) in [5.74, 6) is -0.741. The zero-order valence-electron chi connectivity index (χ0n) is 25.9. The Kier molecular flexibility index (Phi) is 6.95. The number of ether oxygens (including phenoxy) is 3. The quantitative estimate of drug-likeness (QED) is 0.296. The zero-order chi connectivity index (χ0) is 31.8. The molecule has 2 aromatic carbocycles. The van der Waals surface area contributed by atoms with Crippen molar-refractivity contribution in [1.29, 1.82) is 0 Å². The molecule has 0 radical (unpaired) electrons. The largest absolute Gasteiger partial charge is 0.508 e. The second kappa shape index (κ2) is 10.8. The number of hydrogen-bond acceptors (Lipinski definition) is 9. The van der Waals surface area contributed by atoms with Gasteiger partial charge in [0.15, 0.2) is 5.82 Å². The van der Waals surface area contributed by atoms with E-state index in [1.807, 2.05) is 18.9 Å². The number of hydrogen-bond donors (Lipinski definition) is 1. The molecule has 9 nitrogen and oxygen atoms in total. The third kappa shape index (κ3) is 4.47. The average molecular weight is 636 g/mol. The van der Waals surface area contributed by atoms with Crippen LogP contribution in [0, 0.1) is 11.6 Å². The maximum Gasteiger partial charge on any atom is 0.319 e. The van der Waals surface area contributed by atoms with E-state index >= 15 is 8.78 Å². The van der Waals surface area contributed by atoms with E-state index in [9.17, 15) is 9.50 Å². The third-order valence-electron chi connectivity index (χ3n) is 10.6. The molecular formula is C34H36F3N5O4. The van der Waals surface area contributed by atoms with Gasteiger partial charge in [0.1, 0.15) is 53.4 Å². The van der Waals surface area contributed by atoms with Crippen molar-refractivity contribution in [3.8, 4) is 28.9 Å². The first kappa shape index (κ1) is 29.5. The lowest BCUT2D eigenvalue weighted by molar-refractivity contribution is 0.0326. The number of benzene rings is 2. The Bertz CT molecular complexity index is 1870. The fourth-order valence-electron chi connectivity index (χ4n) is 8.13. The topological polar surface area (TPSA) is 93.1 Å². The lowest BCUT2D eigenvalue weighted by atomic mass is 9.89. The summed E-state index contributed by atoms with van der Waals surface area (Å²) in [5.41, 5.74) is -0.516. The smallest absolute Gasteiger partial charge is 0.319 e. The summed E-state index contributed by atoms with van der Waals surface area (Å²) in [6.07, 6.45) is 2.86. The molecule has 4 aliphatic heterocycles. The molecule has 242 valence electrons. The monoisotopic (exact) mass is 635 g/mol. The molecule has 2 atom stereocenters. The van der Waals surface area contributed by atoms with Gasteiger partial charge in [-0.2, -0.15) is 9.97 Å². The Morgan fingerprint density at radius 1 is 1.09 bits per heavy atom. The van der Waals surface area contributed by atoms with Crippen LogP contribution < -0.4 is 14.4 Å². The van der Waals surface area contributed by atoms with Crippen LogP contribution in [0.25, 0.3) is 32.9 Å². The maximum atomic E-state index is 17.0. The van der Waals surface area contributed by atoms with Crippen LogP contribution in [0.2, 0.25) is 0 Å². The summed E-state index contributed by atoms with van der Waals surface area (Å²) in [7, 11) is 1.91. The molecule has 0 aliphatic carbocycles. The van der Waals surface area contributed by atoms with Gasteiger partial charge in [0.25, 0.3) is 0 Å². The molecule has 0 unspecified atom stereocenters. The fourth-order valence-corrected chi connectivity index (χ4v) is 8.13. The molecule has 12 heteroatoms. The Labute approximate surface area is 264 Å². The molecule has 4 aliphatic rings. The van der Waals surface area contributed by atoms with Crippen LogP contribution in [0.5, 0.6) is 17.6 Å². The summed E-state index contributed by atoms with van der Waals surface area (Å²) < 4.78 is 64.9. The van der Waals surface area contributed by atoms with Crippen molar-refractivity contribution in [2.24, 2.45) is 0 Å². The van der Waals surface area contributed by atoms with Crippen LogP contribution in [0.1, 0.15) is 44.6 Å². The van der Waals surface area contributed by atoms with Crippen molar-refractivity contribution in [2.45, 2.75) is 62.7 Å². The summed E-state index contributed by atoms with van der Waals surface area (Å²) in [5, 5.41) is 12.0. The molecule has 6 heterocycles. The number of aryl methyl sites for hydroxylation is 1. The Morgan fingerprint density at radius 2 is 1.91 bits per heavy atom. The molecule has 2 aromatic heterocycles. The zero-order valence-corrected chi connectivity index (χ0v) is 25.9. The summed E-state index contributed by atoms with van der Waals surface area (Å²) in [4.78, 5) is 18.3. The van der Waals surface area contributed by atoms with Crippen LogP contribution in [0.4, 0.5) is 19.0 Å². The number of phenols is 1. The summed E-state index contributed by atoms with van der Waals surface area (Å²) >= 11 is 0. The van der Waals surface area contributed by atoms with Crippen molar-refractivity contribution in [2.75, 3.05) is 51.5 Å². The van der Waals surface area contributed by atoms with Gasteiger partial charge in [0.05, 0.1) is 11.1 Å². The van der Waals surface area contributed by atoms with E-state index in [-0.39, 0.29) is 47.6 Å². The highest BCUT2D eigenvalue weighted by Gasteiger charge is 2.50. The number of nitrogens with zero attached hydrogens (tertiary/aromatic N) is 5. The molecule has 8 rings (SSSR count). The first-order chi connectivity index (χ1) is 22.2. The van der Waals surface area contributed by atoms with Gasteiger partial charge in [-0.05, 0) is 73.2 Å². The maximum absolute atomic E-state index is 17.0. The predicted molar refractivity (Wildman–Crippen MR) is 166 cm³/mol. The number of phenolic OH excluding ortho intramolecular Hbond substituents is 1.